The zero-order valence-corrected chi connectivity index (χ0v) is 12.4. The number of aryl methyl sites for hydroxylation is 1. The zero-order chi connectivity index (χ0) is 14.3. The van der Waals surface area contributed by atoms with E-state index in [1.807, 2.05) is 19.1 Å². The number of hydrogen-bond donors (Lipinski definition) is 1. The molecular weight excluding hydrogens is 270 g/mol. The van der Waals surface area contributed by atoms with Crippen molar-refractivity contribution in [3.05, 3.63) is 47.5 Å². The first kappa shape index (κ1) is 13.6. The molecule has 4 heteroatoms. The molecule has 1 fully saturated rings. The van der Waals surface area contributed by atoms with Crippen molar-refractivity contribution in [2.45, 2.75) is 19.4 Å². The van der Waals surface area contributed by atoms with Gasteiger partial charge in [-0.3, -0.25) is 0 Å². The van der Waals surface area contributed by atoms with Crippen LogP contribution in [0.25, 0.3) is 10.8 Å². The van der Waals surface area contributed by atoms with Gasteiger partial charge in [0.2, 0.25) is 0 Å². The van der Waals surface area contributed by atoms with Gasteiger partial charge in [-0.15, -0.1) is 0 Å². The molecule has 1 heterocycles. The van der Waals surface area contributed by atoms with E-state index in [1.165, 1.54) is 0 Å². The molecule has 2 unspecified atom stereocenters. The van der Waals surface area contributed by atoms with Crippen LogP contribution in [-0.4, -0.2) is 19.9 Å². The molecule has 3 nitrogen and oxygen atoms in total. The van der Waals surface area contributed by atoms with E-state index in [1.54, 1.807) is 0 Å². The summed E-state index contributed by atoms with van der Waals surface area (Å²) in [6, 6.07) is 12.1. The van der Waals surface area contributed by atoms with E-state index in [2.05, 4.69) is 24.3 Å². The van der Waals surface area contributed by atoms with Gasteiger partial charge in [0.25, 0.3) is 0 Å². The Balaban J connectivity index is 2.07. The van der Waals surface area contributed by atoms with Crippen LogP contribution in [0.3, 0.4) is 0 Å². The van der Waals surface area contributed by atoms with Gasteiger partial charge in [0, 0.05) is 6.04 Å². The second-order valence-electron chi connectivity index (χ2n) is 5.71. The SMILES string of the molecule is Cc1ccc2ccccc2c1C(N)C1CCS(=O)(=O)C1. The highest BCUT2D eigenvalue weighted by molar-refractivity contribution is 7.91. The van der Waals surface area contributed by atoms with Gasteiger partial charge in [0.15, 0.2) is 9.84 Å². The number of nitrogens with two attached hydrogens (primary N) is 1. The average Bonchev–Trinajstić information content (AvgIpc) is 2.78. The Kier molecular flexibility index (Phi) is 3.30. The maximum absolute atomic E-state index is 11.7. The number of fused-ring (bicyclic) bond motifs is 1. The molecule has 2 aromatic carbocycles. The predicted molar refractivity (Wildman–Crippen MR) is 82.4 cm³/mol. The van der Waals surface area contributed by atoms with Gasteiger partial charge in [-0.25, -0.2) is 8.42 Å². The molecule has 0 aromatic heterocycles. The summed E-state index contributed by atoms with van der Waals surface area (Å²) >= 11 is 0. The topological polar surface area (TPSA) is 60.2 Å². The Labute approximate surface area is 119 Å². The fraction of sp³-hybridized carbons (Fsp3) is 0.375. The predicted octanol–water partition coefficient (Wildman–Crippen LogP) is 2.58. The molecule has 0 radical (unpaired) electrons. The Bertz CT molecular complexity index is 752. The third-order valence-corrected chi connectivity index (χ3v) is 6.09. The lowest BCUT2D eigenvalue weighted by Gasteiger charge is -2.22. The standard InChI is InChI=1S/C16H19NO2S/c1-11-6-7-12-4-2-3-5-14(12)15(11)16(17)13-8-9-20(18,19)10-13/h2-7,13,16H,8-10,17H2,1H3. The van der Waals surface area contributed by atoms with Gasteiger partial charge in [0.05, 0.1) is 11.5 Å². The van der Waals surface area contributed by atoms with Crippen LogP contribution >= 0.6 is 0 Å². The first-order chi connectivity index (χ1) is 9.48. The van der Waals surface area contributed by atoms with Crippen molar-refractivity contribution < 1.29 is 8.42 Å². The van der Waals surface area contributed by atoms with E-state index < -0.39 is 9.84 Å². The highest BCUT2D eigenvalue weighted by atomic mass is 32.2. The normalized spacial score (nSPS) is 23.0. The number of benzene rings is 2. The van der Waals surface area contributed by atoms with Crippen molar-refractivity contribution in [3.63, 3.8) is 0 Å². The van der Waals surface area contributed by atoms with Crippen LogP contribution < -0.4 is 5.73 Å². The lowest BCUT2D eigenvalue weighted by atomic mass is 9.87. The highest BCUT2D eigenvalue weighted by Crippen LogP contribution is 2.35. The Morgan fingerprint density at radius 3 is 2.65 bits per heavy atom. The summed E-state index contributed by atoms with van der Waals surface area (Å²) in [4.78, 5) is 0. The van der Waals surface area contributed by atoms with Gasteiger partial charge in [0.1, 0.15) is 0 Å². The van der Waals surface area contributed by atoms with Crippen molar-refractivity contribution in [2.75, 3.05) is 11.5 Å². The minimum atomic E-state index is -2.89. The van der Waals surface area contributed by atoms with Crippen LogP contribution in [-0.2, 0) is 9.84 Å². The number of rotatable bonds is 2. The van der Waals surface area contributed by atoms with Crippen molar-refractivity contribution in [2.24, 2.45) is 11.7 Å². The molecule has 106 valence electrons. The minimum absolute atomic E-state index is 0.0320. The minimum Gasteiger partial charge on any atom is -0.324 e. The van der Waals surface area contributed by atoms with E-state index in [-0.39, 0.29) is 23.5 Å². The maximum Gasteiger partial charge on any atom is 0.150 e. The summed E-state index contributed by atoms with van der Waals surface area (Å²) in [5, 5.41) is 2.30. The summed E-state index contributed by atoms with van der Waals surface area (Å²) in [6.07, 6.45) is 0.673. The van der Waals surface area contributed by atoms with Crippen molar-refractivity contribution in [1.82, 2.24) is 0 Å². The summed E-state index contributed by atoms with van der Waals surface area (Å²) in [5.41, 5.74) is 8.67. The fourth-order valence-corrected chi connectivity index (χ4v) is 5.04. The fourth-order valence-electron chi connectivity index (χ4n) is 3.19. The lowest BCUT2D eigenvalue weighted by molar-refractivity contribution is 0.481. The first-order valence-electron chi connectivity index (χ1n) is 6.92. The molecule has 1 saturated heterocycles. The van der Waals surface area contributed by atoms with Crippen LogP contribution in [0.5, 0.6) is 0 Å². The first-order valence-corrected chi connectivity index (χ1v) is 8.74. The van der Waals surface area contributed by atoms with E-state index in [4.69, 9.17) is 5.73 Å². The molecule has 0 aliphatic carbocycles. The smallest absolute Gasteiger partial charge is 0.150 e. The monoisotopic (exact) mass is 289 g/mol. The molecule has 2 aromatic rings. The van der Waals surface area contributed by atoms with Gasteiger partial charge in [-0.2, -0.15) is 0 Å². The number of sulfone groups is 1. The van der Waals surface area contributed by atoms with Gasteiger partial charge in [-0.1, -0.05) is 36.4 Å². The molecule has 0 spiro atoms. The van der Waals surface area contributed by atoms with Crippen LogP contribution in [0.4, 0.5) is 0 Å². The molecular formula is C16H19NO2S. The second kappa shape index (κ2) is 4.86. The van der Waals surface area contributed by atoms with Gasteiger partial charge < -0.3 is 5.73 Å². The van der Waals surface area contributed by atoms with Crippen molar-refractivity contribution in [1.29, 1.82) is 0 Å². The summed E-state index contributed by atoms with van der Waals surface area (Å²) in [6.45, 7) is 2.05. The Hall–Kier alpha value is -1.39. The Morgan fingerprint density at radius 1 is 1.20 bits per heavy atom. The molecule has 20 heavy (non-hydrogen) atoms. The lowest BCUT2D eigenvalue weighted by Crippen LogP contribution is -2.23. The van der Waals surface area contributed by atoms with E-state index >= 15 is 0 Å². The average molecular weight is 289 g/mol. The van der Waals surface area contributed by atoms with E-state index in [9.17, 15) is 8.42 Å². The summed E-state index contributed by atoms with van der Waals surface area (Å²) in [7, 11) is -2.89. The van der Waals surface area contributed by atoms with Crippen LogP contribution in [0.15, 0.2) is 36.4 Å². The largest absolute Gasteiger partial charge is 0.324 e. The van der Waals surface area contributed by atoms with Crippen LogP contribution in [0.1, 0.15) is 23.6 Å². The molecule has 1 aliphatic heterocycles. The third kappa shape index (κ3) is 2.34. The van der Waals surface area contributed by atoms with E-state index in [0.717, 1.165) is 21.9 Å². The molecule has 2 atom stereocenters. The van der Waals surface area contributed by atoms with Crippen molar-refractivity contribution in [3.8, 4) is 0 Å². The molecule has 0 amide bonds. The molecule has 1 aliphatic rings. The molecule has 0 bridgehead atoms. The van der Waals surface area contributed by atoms with Crippen molar-refractivity contribution >= 4 is 20.6 Å². The zero-order valence-electron chi connectivity index (χ0n) is 11.5. The maximum atomic E-state index is 11.7. The quantitative estimate of drug-likeness (QED) is 0.924. The van der Waals surface area contributed by atoms with Gasteiger partial charge >= 0.3 is 0 Å². The molecule has 0 saturated carbocycles. The van der Waals surface area contributed by atoms with E-state index in [0.29, 0.717) is 6.42 Å². The summed E-state index contributed by atoms with van der Waals surface area (Å²) < 4.78 is 23.3. The molecule has 2 N–H and O–H groups in total. The van der Waals surface area contributed by atoms with Crippen LogP contribution in [0, 0.1) is 12.8 Å². The Morgan fingerprint density at radius 2 is 1.95 bits per heavy atom. The summed E-state index contributed by atoms with van der Waals surface area (Å²) in [5.74, 6) is 0.524. The van der Waals surface area contributed by atoms with Gasteiger partial charge in [-0.05, 0) is 41.2 Å². The highest BCUT2D eigenvalue weighted by Gasteiger charge is 2.33. The molecule has 3 rings (SSSR count). The van der Waals surface area contributed by atoms with Crippen LogP contribution in [0.2, 0.25) is 0 Å². The number of hydrogen-bond acceptors (Lipinski definition) is 3. The second-order valence-corrected chi connectivity index (χ2v) is 7.93. The third-order valence-electron chi connectivity index (χ3n) is 4.30.